The normalized spacial score (nSPS) is 13.5. The third kappa shape index (κ3) is 3.36. The second kappa shape index (κ2) is 4.79. The van der Waals surface area contributed by atoms with E-state index in [2.05, 4.69) is 11.8 Å². The summed E-state index contributed by atoms with van der Waals surface area (Å²) in [7, 11) is 0. The summed E-state index contributed by atoms with van der Waals surface area (Å²) >= 11 is 0. The van der Waals surface area contributed by atoms with E-state index in [1.54, 1.807) is 38.1 Å². The number of aliphatic carboxylic acids is 1. The first kappa shape index (κ1) is 13.2. The number of hydrogen-bond acceptors (Lipinski definition) is 3. The molecule has 0 atom stereocenters. The number of carboxylic acids is 1. The van der Waals surface area contributed by atoms with E-state index in [0.29, 0.717) is 16.9 Å². The fourth-order valence-corrected chi connectivity index (χ4v) is 1.60. The van der Waals surface area contributed by atoms with Crippen LogP contribution in [-0.4, -0.2) is 28.4 Å². The van der Waals surface area contributed by atoms with Crippen LogP contribution in [0.3, 0.4) is 0 Å². The molecule has 0 fully saturated rings. The van der Waals surface area contributed by atoms with Crippen LogP contribution < -0.4 is 4.74 Å². The average molecular weight is 258 g/mol. The van der Waals surface area contributed by atoms with E-state index in [1.165, 1.54) is 0 Å². The third-order valence-corrected chi connectivity index (χ3v) is 2.51. The van der Waals surface area contributed by atoms with Crippen molar-refractivity contribution in [1.29, 1.82) is 0 Å². The number of aliphatic hydroxyl groups is 1. The highest BCUT2D eigenvalue weighted by Crippen LogP contribution is 2.27. The van der Waals surface area contributed by atoms with Crippen LogP contribution >= 0.6 is 0 Å². The predicted molar refractivity (Wildman–Crippen MR) is 70.7 cm³/mol. The van der Waals surface area contributed by atoms with Gasteiger partial charge in [0.1, 0.15) is 18.0 Å². The SMILES string of the molecule is CC(C)(O)C#Cc1ccc2c(c1)C=C(C(=O)O)CO2. The summed E-state index contributed by atoms with van der Waals surface area (Å²) in [6, 6.07) is 5.27. The number of rotatable bonds is 1. The lowest BCUT2D eigenvalue weighted by molar-refractivity contribution is -0.132. The van der Waals surface area contributed by atoms with Crippen molar-refractivity contribution in [3.05, 3.63) is 34.9 Å². The van der Waals surface area contributed by atoms with Gasteiger partial charge in [-0.15, -0.1) is 0 Å². The molecule has 2 rings (SSSR count). The summed E-state index contributed by atoms with van der Waals surface area (Å²) in [5, 5.41) is 18.5. The van der Waals surface area contributed by atoms with E-state index >= 15 is 0 Å². The third-order valence-electron chi connectivity index (χ3n) is 2.51. The van der Waals surface area contributed by atoms with Gasteiger partial charge in [-0.05, 0) is 38.1 Å². The Morgan fingerprint density at radius 2 is 2.16 bits per heavy atom. The van der Waals surface area contributed by atoms with Gasteiger partial charge in [0.2, 0.25) is 0 Å². The highest BCUT2D eigenvalue weighted by molar-refractivity contribution is 5.93. The molecule has 0 saturated heterocycles. The Morgan fingerprint density at radius 1 is 1.42 bits per heavy atom. The monoisotopic (exact) mass is 258 g/mol. The lowest BCUT2D eigenvalue weighted by Crippen LogP contribution is -2.15. The Balaban J connectivity index is 2.36. The molecule has 0 unspecified atom stereocenters. The van der Waals surface area contributed by atoms with Crippen molar-refractivity contribution in [2.24, 2.45) is 0 Å². The summed E-state index contributed by atoms with van der Waals surface area (Å²) in [6.45, 7) is 3.27. The van der Waals surface area contributed by atoms with Gasteiger partial charge in [-0.3, -0.25) is 0 Å². The van der Waals surface area contributed by atoms with Crippen LogP contribution in [0.2, 0.25) is 0 Å². The molecule has 98 valence electrons. The lowest BCUT2D eigenvalue weighted by Gasteiger charge is -2.15. The minimum Gasteiger partial charge on any atom is -0.488 e. The maximum absolute atomic E-state index is 10.9. The van der Waals surface area contributed by atoms with E-state index in [4.69, 9.17) is 9.84 Å². The highest BCUT2D eigenvalue weighted by atomic mass is 16.5. The summed E-state index contributed by atoms with van der Waals surface area (Å²) in [5.41, 5.74) is 0.535. The fraction of sp³-hybridized carbons (Fsp3) is 0.267. The molecule has 0 aromatic heterocycles. The lowest BCUT2D eigenvalue weighted by atomic mass is 10.0. The largest absolute Gasteiger partial charge is 0.488 e. The predicted octanol–water partition coefficient (Wildman–Crippen LogP) is 1.67. The minimum atomic E-state index is -1.06. The number of carboxylic acid groups (broad SMARTS) is 1. The first-order valence-corrected chi connectivity index (χ1v) is 5.81. The van der Waals surface area contributed by atoms with Gasteiger partial charge in [0.15, 0.2) is 0 Å². The molecular formula is C15H14O4. The van der Waals surface area contributed by atoms with Crippen molar-refractivity contribution in [3.63, 3.8) is 0 Å². The smallest absolute Gasteiger partial charge is 0.335 e. The highest BCUT2D eigenvalue weighted by Gasteiger charge is 2.16. The molecule has 1 aliphatic heterocycles. The summed E-state index contributed by atoms with van der Waals surface area (Å²) in [6.07, 6.45) is 1.58. The van der Waals surface area contributed by atoms with Crippen molar-refractivity contribution in [2.45, 2.75) is 19.4 Å². The van der Waals surface area contributed by atoms with Gasteiger partial charge in [-0.1, -0.05) is 11.8 Å². The van der Waals surface area contributed by atoms with Gasteiger partial charge in [0, 0.05) is 11.1 Å². The first-order valence-electron chi connectivity index (χ1n) is 5.81. The Bertz CT molecular complexity index is 609. The molecule has 1 aromatic rings. The molecule has 4 nitrogen and oxygen atoms in total. The van der Waals surface area contributed by atoms with E-state index in [9.17, 15) is 9.90 Å². The maximum Gasteiger partial charge on any atom is 0.335 e. The first-order chi connectivity index (χ1) is 8.85. The van der Waals surface area contributed by atoms with Gasteiger partial charge >= 0.3 is 5.97 Å². The Labute approximate surface area is 111 Å². The summed E-state index contributed by atoms with van der Waals surface area (Å²) in [4.78, 5) is 10.9. The average Bonchev–Trinajstić information content (AvgIpc) is 2.34. The molecular weight excluding hydrogens is 244 g/mol. The molecule has 1 heterocycles. The Hall–Kier alpha value is -2.25. The molecule has 1 aromatic carbocycles. The van der Waals surface area contributed by atoms with Crippen LogP contribution in [0, 0.1) is 11.8 Å². The molecule has 1 aliphatic rings. The second-order valence-electron chi connectivity index (χ2n) is 4.83. The van der Waals surface area contributed by atoms with Crippen LogP contribution in [0.1, 0.15) is 25.0 Å². The number of carbonyl (C=O) groups is 1. The molecule has 0 spiro atoms. The van der Waals surface area contributed by atoms with E-state index in [0.717, 1.165) is 0 Å². The zero-order chi connectivity index (χ0) is 14.0. The molecule has 19 heavy (non-hydrogen) atoms. The van der Waals surface area contributed by atoms with Crippen molar-refractivity contribution in [1.82, 2.24) is 0 Å². The molecule has 0 amide bonds. The minimum absolute atomic E-state index is 0.0665. The Kier molecular flexibility index (Phi) is 3.32. The van der Waals surface area contributed by atoms with E-state index in [1.807, 2.05) is 0 Å². The van der Waals surface area contributed by atoms with Crippen LogP contribution in [0.15, 0.2) is 23.8 Å². The van der Waals surface area contributed by atoms with E-state index in [-0.39, 0.29) is 12.2 Å². The summed E-state index contributed by atoms with van der Waals surface area (Å²) in [5.74, 6) is 5.20. The number of fused-ring (bicyclic) bond motifs is 1. The number of benzene rings is 1. The molecule has 0 saturated carbocycles. The zero-order valence-electron chi connectivity index (χ0n) is 10.7. The van der Waals surface area contributed by atoms with Crippen LogP contribution in [-0.2, 0) is 4.79 Å². The maximum atomic E-state index is 10.9. The van der Waals surface area contributed by atoms with Gasteiger partial charge in [0.05, 0.1) is 5.57 Å². The van der Waals surface area contributed by atoms with E-state index < -0.39 is 11.6 Å². The molecule has 0 aliphatic carbocycles. The topological polar surface area (TPSA) is 66.8 Å². The summed E-state index contributed by atoms with van der Waals surface area (Å²) < 4.78 is 5.35. The quantitative estimate of drug-likeness (QED) is 0.752. The Morgan fingerprint density at radius 3 is 2.79 bits per heavy atom. The molecule has 0 bridgehead atoms. The second-order valence-corrected chi connectivity index (χ2v) is 4.83. The van der Waals surface area contributed by atoms with Crippen LogP contribution in [0.4, 0.5) is 0 Å². The van der Waals surface area contributed by atoms with Gasteiger partial charge < -0.3 is 14.9 Å². The van der Waals surface area contributed by atoms with Crippen molar-refractivity contribution in [2.75, 3.05) is 6.61 Å². The van der Waals surface area contributed by atoms with Gasteiger partial charge in [-0.2, -0.15) is 0 Å². The van der Waals surface area contributed by atoms with Crippen molar-refractivity contribution in [3.8, 4) is 17.6 Å². The van der Waals surface area contributed by atoms with Crippen LogP contribution in [0.5, 0.6) is 5.75 Å². The number of hydrogen-bond donors (Lipinski definition) is 2. The van der Waals surface area contributed by atoms with Crippen molar-refractivity contribution < 1.29 is 19.7 Å². The molecule has 0 radical (unpaired) electrons. The van der Waals surface area contributed by atoms with Crippen molar-refractivity contribution >= 4 is 12.0 Å². The molecule has 4 heteroatoms. The van der Waals surface area contributed by atoms with Gasteiger partial charge in [0.25, 0.3) is 0 Å². The van der Waals surface area contributed by atoms with Crippen LogP contribution in [0.25, 0.3) is 6.08 Å². The standard InChI is InChI=1S/C15H14O4/c1-15(2,18)6-5-10-3-4-13-11(7-10)8-12(9-19-13)14(16)17/h3-4,7-8,18H,9H2,1-2H3,(H,16,17). The number of ether oxygens (including phenoxy) is 1. The zero-order valence-corrected chi connectivity index (χ0v) is 10.7. The fourth-order valence-electron chi connectivity index (χ4n) is 1.60. The van der Waals surface area contributed by atoms with Gasteiger partial charge in [-0.25, -0.2) is 4.79 Å². The molecule has 2 N–H and O–H groups in total.